The zero-order chi connectivity index (χ0) is 22.9. The molecule has 0 radical (unpaired) electrons. The van der Waals surface area contributed by atoms with E-state index in [1.807, 2.05) is 0 Å². The van der Waals surface area contributed by atoms with Crippen molar-refractivity contribution < 1.29 is 23.5 Å². The van der Waals surface area contributed by atoms with Crippen molar-refractivity contribution in [3.05, 3.63) is 59.4 Å². The monoisotopic (exact) mass is 476 g/mol. The van der Waals surface area contributed by atoms with Gasteiger partial charge in [-0.2, -0.15) is 0 Å². The van der Waals surface area contributed by atoms with Gasteiger partial charge in [-0.3, -0.25) is 9.59 Å². The summed E-state index contributed by atoms with van der Waals surface area (Å²) in [4.78, 5) is 25.5. The van der Waals surface area contributed by atoms with Gasteiger partial charge in [-0.05, 0) is 36.4 Å². The summed E-state index contributed by atoms with van der Waals surface area (Å²) < 4.78 is 16.2. The van der Waals surface area contributed by atoms with Crippen molar-refractivity contribution in [1.29, 1.82) is 0 Å². The third kappa shape index (κ3) is 6.63. The number of benzene rings is 2. The van der Waals surface area contributed by atoms with E-state index < -0.39 is 5.91 Å². The lowest BCUT2D eigenvalue weighted by Gasteiger charge is -2.22. The molecule has 1 aromatic heterocycles. The first-order valence-electron chi connectivity index (χ1n) is 9.51. The van der Waals surface area contributed by atoms with Crippen LogP contribution in [0, 0.1) is 0 Å². The minimum atomic E-state index is -0.496. The molecule has 0 aliphatic carbocycles. The van der Waals surface area contributed by atoms with Gasteiger partial charge in [0, 0.05) is 18.7 Å². The van der Waals surface area contributed by atoms with Gasteiger partial charge in [-0.15, -0.1) is 10.2 Å². The molecule has 1 heterocycles. The van der Waals surface area contributed by atoms with Crippen LogP contribution in [0.2, 0.25) is 5.02 Å². The third-order valence-corrected chi connectivity index (χ3v) is 5.34. The van der Waals surface area contributed by atoms with Crippen LogP contribution < -0.4 is 20.1 Å². The molecule has 0 spiro atoms. The van der Waals surface area contributed by atoms with Gasteiger partial charge in [0.25, 0.3) is 11.1 Å². The standard InChI is InChI=1S/C21H21ClN4O5S/c1-29-15-8-6-14(7-9-15)26(11-10-18(23)27)20(28)13-32-21-25-24-19(31-21)12-30-17-5-3-2-4-16(17)22/h2-9H,10-13H2,1H3,(H2,23,27). The molecule has 0 bridgehead atoms. The second-order valence-electron chi connectivity index (χ2n) is 6.43. The smallest absolute Gasteiger partial charge is 0.277 e. The Morgan fingerprint density at radius 3 is 2.59 bits per heavy atom. The highest BCUT2D eigenvalue weighted by molar-refractivity contribution is 7.99. The first kappa shape index (κ1) is 23.4. The SMILES string of the molecule is COc1ccc(N(CCC(N)=O)C(=O)CSc2nnc(COc3ccccc3Cl)o2)cc1. The number of hydrogen-bond acceptors (Lipinski definition) is 8. The van der Waals surface area contributed by atoms with Crippen LogP contribution in [-0.4, -0.2) is 41.4 Å². The number of ether oxygens (including phenoxy) is 2. The highest BCUT2D eigenvalue weighted by Gasteiger charge is 2.19. The number of para-hydroxylation sites is 1. The van der Waals surface area contributed by atoms with E-state index in [9.17, 15) is 9.59 Å². The van der Waals surface area contributed by atoms with Gasteiger partial charge in [-0.25, -0.2) is 0 Å². The molecule has 0 atom stereocenters. The molecule has 0 unspecified atom stereocenters. The van der Waals surface area contributed by atoms with Gasteiger partial charge < -0.3 is 24.5 Å². The fourth-order valence-electron chi connectivity index (χ4n) is 2.64. The number of carbonyl (C=O) groups is 2. The average molecular weight is 477 g/mol. The Bertz CT molecular complexity index is 1060. The molecule has 0 fully saturated rings. The largest absolute Gasteiger partial charge is 0.497 e. The number of rotatable bonds is 11. The van der Waals surface area contributed by atoms with Crippen LogP contribution in [0.1, 0.15) is 12.3 Å². The number of methoxy groups -OCH3 is 1. The lowest BCUT2D eigenvalue weighted by atomic mass is 10.2. The van der Waals surface area contributed by atoms with E-state index >= 15 is 0 Å². The lowest BCUT2D eigenvalue weighted by Crippen LogP contribution is -2.35. The van der Waals surface area contributed by atoms with Crippen LogP contribution in [0.5, 0.6) is 11.5 Å². The Balaban J connectivity index is 1.59. The zero-order valence-electron chi connectivity index (χ0n) is 17.2. The number of thioether (sulfide) groups is 1. The maximum absolute atomic E-state index is 12.8. The van der Waals surface area contributed by atoms with Crippen molar-refractivity contribution in [3.63, 3.8) is 0 Å². The first-order chi connectivity index (χ1) is 15.5. The number of primary amides is 1. The predicted molar refractivity (Wildman–Crippen MR) is 120 cm³/mol. The number of nitrogens with two attached hydrogens (primary N) is 1. The van der Waals surface area contributed by atoms with Crippen molar-refractivity contribution in [3.8, 4) is 11.5 Å². The Hall–Kier alpha value is -3.24. The Morgan fingerprint density at radius 2 is 1.91 bits per heavy atom. The maximum atomic E-state index is 12.8. The van der Waals surface area contributed by atoms with Crippen LogP contribution in [0.4, 0.5) is 5.69 Å². The van der Waals surface area contributed by atoms with Gasteiger partial charge in [-0.1, -0.05) is 35.5 Å². The summed E-state index contributed by atoms with van der Waals surface area (Å²) in [6.45, 7) is 0.198. The van der Waals surface area contributed by atoms with Crippen LogP contribution in [0.15, 0.2) is 58.2 Å². The summed E-state index contributed by atoms with van der Waals surface area (Å²) in [5.41, 5.74) is 5.88. The second kappa shape index (κ2) is 11.4. The van der Waals surface area contributed by atoms with E-state index in [1.165, 1.54) is 4.90 Å². The second-order valence-corrected chi connectivity index (χ2v) is 7.76. The van der Waals surface area contributed by atoms with Gasteiger partial charge >= 0.3 is 0 Å². The molecule has 11 heteroatoms. The number of aromatic nitrogens is 2. The summed E-state index contributed by atoms with van der Waals surface area (Å²) in [7, 11) is 1.56. The number of amides is 2. The highest BCUT2D eigenvalue weighted by atomic mass is 35.5. The summed E-state index contributed by atoms with van der Waals surface area (Å²) in [5, 5.41) is 8.54. The van der Waals surface area contributed by atoms with E-state index in [4.69, 9.17) is 31.2 Å². The summed E-state index contributed by atoms with van der Waals surface area (Å²) in [6, 6.07) is 14.0. The topological polar surface area (TPSA) is 121 Å². The molecule has 2 amide bonds. The average Bonchev–Trinajstić information content (AvgIpc) is 3.25. The third-order valence-electron chi connectivity index (χ3n) is 4.22. The number of carbonyl (C=O) groups excluding carboxylic acids is 2. The van der Waals surface area contributed by atoms with Gasteiger partial charge in [0.05, 0.1) is 17.9 Å². The van der Waals surface area contributed by atoms with E-state index in [0.29, 0.717) is 22.2 Å². The molecular weight excluding hydrogens is 456 g/mol. The van der Waals surface area contributed by atoms with E-state index in [-0.39, 0.29) is 42.3 Å². The van der Waals surface area contributed by atoms with Crippen molar-refractivity contribution in [1.82, 2.24) is 10.2 Å². The van der Waals surface area contributed by atoms with Crippen molar-refractivity contribution in [2.24, 2.45) is 5.73 Å². The van der Waals surface area contributed by atoms with Gasteiger partial charge in [0.2, 0.25) is 11.8 Å². The molecule has 3 rings (SSSR count). The normalized spacial score (nSPS) is 10.6. The van der Waals surface area contributed by atoms with E-state index in [1.54, 1.807) is 55.6 Å². The van der Waals surface area contributed by atoms with Crippen molar-refractivity contribution in [2.75, 3.05) is 24.3 Å². The molecule has 0 aliphatic heterocycles. The molecule has 0 aliphatic rings. The Labute approximate surface area is 193 Å². The Morgan fingerprint density at radius 1 is 1.16 bits per heavy atom. The number of anilines is 1. The van der Waals surface area contributed by atoms with Crippen LogP contribution in [0.3, 0.4) is 0 Å². The quantitative estimate of drug-likeness (QED) is 0.418. The number of hydrogen-bond donors (Lipinski definition) is 1. The van der Waals surface area contributed by atoms with E-state index in [0.717, 1.165) is 11.8 Å². The molecule has 2 aromatic carbocycles. The minimum Gasteiger partial charge on any atom is -0.497 e. The van der Waals surface area contributed by atoms with Crippen molar-refractivity contribution >= 4 is 40.9 Å². The predicted octanol–water partition coefficient (Wildman–Crippen LogP) is 3.31. The lowest BCUT2D eigenvalue weighted by molar-refractivity contribution is -0.118. The molecule has 32 heavy (non-hydrogen) atoms. The van der Waals surface area contributed by atoms with Gasteiger partial charge in [0.1, 0.15) is 11.5 Å². The molecule has 3 aromatic rings. The van der Waals surface area contributed by atoms with Crippen LogP contribution >= 0.6 is 23.4 Å². The molecule has 168 valence electrons. The fourth-order valence-corrected chi connectivity index (χ4v) is 3.49. The van der Waals surface area contributed by atoms with Gasteiger partial charge in [0.15, 0.2) is 6.61 Å². The summed E-state index contributed by atoms with van der Waals surface area (Å²) in [5.74, 6) is 0.694. The zero-order valence-corrected chi connectivity index (χ0v) is 18.8. The molecular formula is C21H21ClN4O5S. The first-order valence-corrected chi connectivity index (χ1v) is 10.9. The maximum Gasteiger partial charge on any atom is 0.277 e. The minimum absolute atomic E-state index is 0.0256. The van der Waals surface area contributed by atoms with Crippen LogP contribution in [0.25, 0.3) is 0 Å². The van der Waals surface area contributed by atoms with Crippen LogP contribution in [-0.2, 0) is 16.2 Å². The fraction of sp³-hybridized carbons (Fsp3) is 0.238. The van der Waals surface area contributed by atoms with E-state index in [2.05, 4.69) is 10.2 Å². The number of halogens is 1. The number of nitrogens with zero attached hydrogens (tertiary/aromatic N) is 3. The molecule has 0 saturated carbocycles. The van der Waals surface area contributed by atoms with Crippen molar-refractivity contribution in [2.45, 2.75) is 18.3 Å². The molecule has 2 N–H and O–H groups in total. The summed E-state index contributed by atoms with van der Waals surface area (Å²) >= 11 is 7.13. The Kier molecular flexibility index (Phi) is 8.34. The molecule has 9 nitrogen and oxygen atoms in total. The highest BCUT2D eigenvalue weighted by Crippen LogP contribution is 2.25. The summed E-state index contributed by atoms with van der Waals surface area (Å²) in [6.07, 6.45) is 0.0343. The molecule has 0 saturated heterocycles.